The summed E-state index contributed by atoms with van der Waals surface area (Å²) >= 11 is 3.55. The van der Waals surface area contributed by atoms with Crippen molar-refractivity contribution >= 4 is 44.3 Å². The van der Waals surface area contributed by atoms with Crippen LogP contribution in [0, 0.1) is 11.7 Å². The fraction of sp³-hybridized carbons (Fsp3) is 0.346. The quantitative estimate of drug-likeness (QED) is 0.289. The molecule has 9 heteroatoms. The first-order chi connectivity index (χ1) is 16.6. The van der Waals surface area contributed by atoms with Gasteiger partial charge in [0.05, 0.1) is 18.4 Å². The molecule has 4 aromatic rings. The van der Waals surface area contributed by atoms with Gasteiger partial charge in [0.1, 0.15) is 22.4 Å². The molecule has 1 aromatic carbocycles. The lowest BCUT2D eigenvalue weighted by Gasteiger charge is -2.19. The van der Waals surface area contributed by atoms with Gasteiger partial charge in [-0.05, 0) is 63.8 Å². The number of benzene rings is 1. The van der Waals surface area contributed by atoms with E-state index in [4.69, 9.17) is 9.47 Å². The van der Waals surface area contributed by atoms with Crippen LogP contribution in [0.2, 0.25) is 0 Å². The number of hydrogen-bond donors (Lipinski definition) is 0. The number of carbonyl (C=O) groups excluding carboxylic acids is 2. The highest BCUT2D eigenvalue weighted by Crippen LogP contribution is 2.38. The zero-order valence-corrected chi connectivity index (χ0v) is 21.5. The average Bonchev–Trinajstić information content (AvgIpc) is 3.41. The second-order valence-corrected chi connectivity index (χ2v) is 10.8. The van der Waals surface area contributed by atoms with E-state index in [-0.39, 0.29) is 16.6 Å². The Labute approximate surface area is 209 Å². The number of pyridine rings is 1. The number of halogens is 2. The van der Waals surface area contributed by atoms with Crippen LogP contribution < -0.4 is 0 Å². The Hall–Kier alpha value is -3.20. The lowest BCUT2D eigenvalue weighted by Crippen LogP contribution is -2.24. The van der Waals surface area contributed by atoms with Crippen molar-refractivity contribution in [1.29, 1.82) is 0 Å². The van der Waals surface area contributed by atoms with Gasteiger partial charge in [-0.3, -0.25) is 0 Å². The number of methoxy groups -OCH3 is 1. The van der Waals surface area contributed by atoms with Crippen LogP contribution in [0.1, 0.15) is 54.3 Å². The van der Waals surface area contributed by atoms with Crippen molar-refractivity contribution < 1.29 is 23.5 Å². The van der Waals surface area contributed by atoms with Gasteiger partial charge in [-0.2, -0.15) is 5.10 Å². The maximum atomic E-state index is 15.4. The van der Waals surface area contributed by atoms with E-state index in [0.717, 1.165) is 40.8 Å². The molecule has 5 rings (SSSR count). The first kappa shape index (κ1) is 23.5. The van der Waals surface area contributed by atoms with E-state index in [1.165, 1.54) is 17.8 Å². The summed E-state index contributed by atoms with van der Waals surface area (Å²) in [5.41, 5.74) is 1.14. The van der Waals surface area contributed by atoms with E-state index in [9.17, 15) is 9.59 Å². The van der Waals surface area contributed by atoms with Crippen molar-refractivity contribution in [3.05, 3.63) is 57.9 Å². The third-order valence-corrected chi connectivity index (χ3v) is 6.44. The molecule has 0 N–H and O–H groups in total. The highest BCUT2D eigenvalue weighted by molar-refractivity contribution is 9.10. The fourth-order valence-electron chi connectivity index (χ4n) is 4.24. The predicted molar refractivity (Wildman–Crippen MR) is 133 cm³/mol. The summed E-state index contributed by atoms with van der Waals surface area (Å²) in [5.74, 6) is -1.61. The maximum Gasteiger partial charge on any atom is 0.343 e. The van der Waals surface area contributed by atoms with E-state index in [2.05, 4.69) is 25.6 Å². The highest BCUT2D eigenvalue weighted by Gasteiger charge is 2.32. The summed E-state index contributed by atoms with van der Waals surface area (Å²) in [5, 5.41) is 5.59. The molecular formula is C26H25BrFN3O4. The Kier molecular flexibility index (Phi) is 5.70. The van der Waals surface area contributed by atoms with Crippen LogP contribution in [0.3, 0.4) is 0 Å². The summed E-state index contributed by atoms with van der Waals surface area (Å²) < 4.78 is 30.1. The minimum Gasteiger partial charge on any atom is -0.465 e. The topological polar surface area (TPSA) is 74.8 Å². The molecule has 0 spiro atoms. The van der Waals surface area contributed by atoms with E-state index in [1.807, 2.05) is 24.3 Å². The number of nitrogens with zero attached hydrogens (tertiary/aromatic N) is 3. The third-order valence-electron chi connectivity index (χ3n) is 5.95. The molecule has 0 unspecified atom stereocenters. The Bertz CT molecular complexity index is 1490. The molecule has 1 aliphatic carbocycles. The van der Waals surface area contributed by atoms with Gasteiger partial charge in [0.15, 0.2) is 5.82 Å². The van der Waals surface area contributed by atoms with Gasteiger partial charge in [-0.1, -0.05) is 22.0 Å². The normalized spacial score (nSPS) is 14.0. The van der Waals surface area contributed by atoms with Gasteiger partial charge in [0.2, 0.25) is 0 Å². The van der Waals surface area contributed by atoms with Crippen LogP contribution in [-0.2, 0) is 16.0 Å². The summed E-state index contributed by atoms with van der Waals surface area (Å²) in [7, 11) is 1.22. The van der Waals surface area contributed by atoms with Crippen molar-refractivity contribution in [3.63, 3.8) is 0 Å². The number of ether oxygens (including phenoxy) is 2. The first-order valence-electron chi connectivity index (χ1n) is 11.4. The van der Waals surface area contributed by atoms with E-state index < -0.39 is 23.4 Å². The Morgan fingerprint density at radius 1 is 1.17 bits per heavy atom. The first-order valence-corrected chi connectivity index (χ1v) is 12.2. The van der Waals surface area contributed by atoms with Crippen LogP contribution in [0.4, 0.5) is 4.39 Å². The Morgan fingerprint density at radius 2 is 1.91 bits per heavy atom. The van der Waals surface area contributed by atoms with Crippen LogP contribution in [0.15, 0.2) is 41.0 Å². The molecule has 0 bridgehead atoms. The van der Waals surface area contributed by atoms with Gasteiger partial charge in [-0.25, -0.2) is 18.5 Å². The molecule has 0 radical (unpaired) electrons. The zero-order chi connectivity index (χ0) is 25.1. The lowest BCUT2D eigenvalue weighted by molar-refractivity contribution is 0.00721. The molecule has 1 fully saturated rings. The summed E-state index contributed by atoms with van der Waals surface area (Å²) in [6.07, 6.45) is 3.63. The minimum atomic E-state index is -0.795. The molecule has 3 heterocycles. The maximum absolute atomic E-state index is 15.4. The molecule has 35 heavy (non-hydrogen) atoms. The van der Waals surface area contributed by atoms with Crippen molar-refractivity contribution in [2.45, 2.75) is 45.8 Å². The van der Waals surface area contributed by atoms with Crippen molar-refractivity contribution in [3.8, 4) is 11.4 Å². The summed E-state index contributed by atoms with van der Waals surface area (Å²) in [4.78, 5) is 25.5. The van der Waals surface area contributed by atoms with Gasteiger partial charge < -0.3 is 14.0 Å². The van der Waals surface area contributed by atoms with Crippen molar-refractivity contribution in [1.82, 2.24) is 14.2 Å². The van der Waals surface area contributed by atoms with E-state index in [1.54, 1.807) is 20.8 Å². The molecule has 0 aliphatic heterocycles. The average molecular weight is 542 g/mol. The molecule has 3 aromatic heterocycles. The van der Waals surface area contributed by atoms with Crippen LogP contribution in [0.25, 0.3) is 27.8 Å². The van der Waals surface area contributed by atoms with E-state index in [0.29, 0.717) is 17.3 Å². The molecule has 0 saturated heterocycles. The highest BCUT2D eigenvalue weighted by atomic mass is 79.9. The smallest absolute Gasteiger partial charge is 0.343 e. The van der Waals surface area contributed by atoms with Crippen molar-refractivity contribution in [2.24, 2.45) is 5.92 Å². The second kappa shape index (κ2) is 8.48. The molecular weight excluding hydrogens is 517 g/mol. The monoisotopic (exact) mass is 541 g/mol. The van der Waals surface area contributed by atoms with Gasteiger partial charge >= 0.3 is 11.9 Å². The largest absolute Gasteiger partial charge is 0.465 e. The van der Waals surface area contributed by atoms with Crippen LogP contribution in [0.5, 0.6) is 0 Å². The summed E-state index contributed by atoms with van der Waals surface area (Å²) in [6.45, 7) is 6.02. The Balaban J connectivity index is 1.80. The van der Waals surface area contributed by atoms with E-state index >= 15 is 4.39 Å². The predicted octanol–water partition coefficient (Wildman–Crippen LogP) is 6.01. The molecule has 7 nitrogen and oxygen atoms in total. The molecule has 1 saturated carbocycles. The van der Waals surface area contributed by atoms with Crippen LogP contribution >= 0.6 is 15.9 Å². The number of carbonyl (C=O) groups is 2. The number of esters is 2. The van der Waals surface area contributed by atoms with Gasteiger partial charge in [-0.15, -0.1) is 0 Å². The Morgan fingerprint density at radius 3 is 2.57 bits per heavy atom. The number of hydrogen-bond acceptors (Lipinski definition) is 5. The minimum absolute atomic E-state index is 0.00950. The van der Waals surface area contributed by atoms with Gasteiger partial charge in [0.25, 0.3) is 0 Å². The zero-order valence-electron chi connectivity index (χ0n) is 19.9. The standard InChI is InChI=1S/C26H25BrFN3O4/c1-26(2,3)35-25(33)21-22(29-31-13-16(24(32)34-4)9-18(28)23(21)31)20-10-15-7-8-17(27)11-19(15)30(20)12-14-5-6-14/h7-11,13-14H,5-6,12H2,1-4H3. The summed E-state index contributed by atoms with van der Waals surface area (Å²) in [6, 6.07) is 8.98. The molecule has 182 valence electrons. The number of rotatable bonds is 5. The molecule has 0 amide bonds. The fourth-order valence-corrected chi connectivity index (χ4v) is 4.59. The lowest BCUT2D eigenvalue weighted by atomic mass is 10.1. The second-order valence-electron chi connectivity index (χ2n) is 9.87. The van der Waals surface area contributed by atoms with Crippen molar-refractivity contribution in [2.75, 3.05) is 7.11 Å². The molecule has 1 aliphatic rings. The SMILES string of the molecule is COC(=O)c1cc(F)c2c(C(=O)OC(C)(C)C)c(-c3cc4ccc(Br)cc4n3CC3CC3)nn2c1. The number of aromatic nitrogens is 3. The van der Waals surface area contributed by atoms with Crippen LogP contribution in [-0.4, -0.2) is 38.8 Å². The number of fused-ring (bicyclic) bond motifs is 2. The van der Waals surface area contributed by atoms with Gasteiger partial charge in [0, 0.05) is 28.1 Å². The third kappa shape index (κ3) is 4.45. The molecule has 0 atom stereocenters.